The summed E-state index contributed by atoms with van der Waals surface area (Å²) in [5, 5.41) is 4.58. The van der Waals surface area contributed by atoms with Crippen LogP contribution < -0.4 is 10.2 Å². The van der Waals surface area contributed by atoms with E-state index in [2.05, 4.69) is 48.5 Å². The van der Waals surface area contributed by atoms with Crippen LogP contribution in [0.4, 0.5) is 5.82 Å². The van der Waals surface area contributed by atoms with Gasteiger partial charge < -0.3 is 19.9 Å². The molecule has 0 saturated carbocycles. The molecule has 146 valence electrons. The zero-order chi connectivity index (χ0) is 19.2. The van der Waals surface area contributed by atoms with Crippen molar-refractivity contribution in [2.24, 2.45) is 10.9 Å². The second-order valence-electron chi connectivity index (χ2n) is 7.33. The largest absolute Gasteiger partial charge is 0.381 e. The molecule has 1 aliphatic rings. The summed E-state index contributed by atoms with van der Waals surface area (Å²) in [6.07, 6.45) is 1.13. The van der Waals surface area contributed by atoms with Crippen molar-refractivity contribution in [3.05, 3.63) is 35.9 Å². The second kappa shape index (κ2) is 9.04. The maximum absolute atomic E-state index is 5.51. The number of benzene rings is 1. The van der Waals surface area contributed by atoms with Crippen molar-refractivity contribution in [1.29, 1.82) is 0 Å². The summed E-state index contributed by atoms with van der Waals surface area (Å²) in [6.45, 7) is 6.27. The van der Waals surface area contributed by atoms with E-state index in [0.29, 0.717) is 12.5 Å². The summed E-state index contributed by atoms with van der Waals surface area (Å²) in [6, 6.07) is 10.4. The first kappa shape index (κ1) is 19.4. The average Bonchev–Trinajstić information content (AvgIpc) is 3.17. The Morgan fingerprint density at radius 1 is 1.30 bits per heavy atom. The maximum Gasteiger partial charge on any atom is 0.193 e. The summed E-state index contributed by atoms with van der Waals surface area (Å²) >= 11 is 0. The Kier molecular flexibility index (Phi) is 6.50. The van der Waals surface area contributed by atoms with Gasteiger partial charge in [-0.05, 0) is 31.0 Å². The molecule has 0 bridgehead atoms. The third-order valence-corrected chi connectivity index (χ3v) is 4.90. The summed E-state index contributed by atoms with van der Waals surface area (Å²) in [5.74, 6) is 2.48. The Balaban J connectivity index is 1.84. The number of aliphatic imine (C=N–C) groups is 1. The minimum absolute atomic E-state index is 0.584. The summed E-state index contributed by atoms with van der Waals surface area (Å²) < 4.78 is 5.51. The van der Waals surface area contributed by atoms with E-state index in [1.165, 1.54) is 5.56 Å². The third-order valence-electron chi connectivity index (χ3n) is 4.90. The van der Waals surface area contributed by atoms with Crippen molar-refractivity contribution in [2.75, 3.05) is 52.3 Å². The smallest absolute Gasteiger partial charge is 0.193 e. The van der Waals surface area contributed by atoms with Crippen LogP contribution in [0.2, 0.25) is 0 Å². The molecule has 1 aromatic heterocycles. The van der Waals surface area contributed by atoms with E-state index in [-0.39, 0.29) is 0 Å². The molecule has 1 atom stereocenters. The molecule has 0 amide bonds. The van der Waals surface area contributed by atoms with E-state index < -0.39 is 0 Å². The quantitative estimate of drug-likeness (QED) is 0.627. The fraction of sp³-hybridized carbons (Fsp3) is 0.524. The molecule has 27 heavy (non-hydrogen) atoms. The number of rotatable bonds is 6. The van der Waals surface area contributed by atoms with Crippen molar-refractivity contribution in [3.8, 4) is 0 Å². The van der Waals surface area contributed by atoms with Gasteiger partial charge in [0.1, 0.15) is 5.82 Å². The fourth-order valence-electron chi connectivity index (χ4n) is 3.42. The van der Waals surface area contributed by atoms with E-state index in [0.717, 1.165) is 55.4 Å². The first-order valence-electron chi connectivity index (χ1n) is 9.71. The van der Waals surface area contributed by atoms with Gasteiger partial charge in [0.2, 0.25) is 0 Å². The molecule has 1 unspecified atom stereocenters. The van der Waals surface area contributed by atoms with E-state index in [1.54, 1.807) is 0 Å². The van der Waals surface area contributed by atoms with Crippen molar-refractivity contribution in [3.63, 3.8) is 0 Å². The molecule has 1 saturated heterocycles. The second-order valence-corrected chi connectivity index (χ2v) is 7.33. The highest BCUT2D eigenvalue weighted by Gasteiger charge is 2.19. The topological polar surface area (TPSA) is 53.0 Å². The normalized spacial score (nSPS) is 17.3. The minimum Gasteiger partial charge on any atom is -0.381 e. The van der Waals surface area contributed by atoms with Gasteiger partial charge >= 0.3 is 0 Å². The average molecular weight is 370 g/mol. The number of ether oxygens (including phenoxy) is 1. The summed E-state index contributed by atoms with van der Waals surface area (Å²) in [4.78, 5) is 13.9. The van der Waals surface area contributed by atoms with Gasteiger partial charge in [-0.25, -0.2) is 9.98 Å². The molecule has 0 aliphatic carbocycles. The number of aromatic nitrogens is 1. The van der Waals surface area contributed by atoms with Crippen LogP contribution in [0.5, 0.6) is 0 Å². The highest BCUT2D eigenvalue weighted by Crippen LogP contribution is 2.23. The van der Waals surface area contributed by atoms with Crippen LogP contribution in [0.3, 0.4) is 0 Å². The molecule has 1 N–H and O–H groups in total. The van der Waals surface area contributed by atoms with Crippen LogP contribution in [0.15, 0.2) is 35.3 Å². The van der Waals surface area contributed by atoms with Crippen LogP contribution in [-0.4, -0.2) is 63.3 Å². The van der Waals surface area contributed by atoms with E-state index in [4.69, 9.17) is 14.7 Å². The molecular formula is C21H31N5O. The molecule has 3 rings (SSSR count). The molecule has 1 aliphatic heterocycles. The monoisotopic (exact) mass is 369 g/mol. The molecule has 6 nitrogen and oxygen atoms in total. The highest BCUT2D eigenvalue weighted by molar-refractivity contribution is 5.85. The lowest BCUT2D eigenvalue weighted by Crippen LogP contribution is -2.41. The van der Waals surface area contributed by atoms with Gasteiger partial charge in [-0.2, -0.15) is 0 Å². The molecule has 1 aromatic carbocycles. The van der Waals surface area contributed by atoms with Crippen molar-refractivity contribution in [1.82, 2.24) is 15.2 Å². The van der Waals surface area contributed by atoms with Gasteiger partial charge in [0.15, 0.2) is 5.96 Å². The van der Waals surface area contributed by atoms with Gasteiger partial charge in [-0.3, -0.25) is 0 Å². The molecule has 6 heteroatoms. The number of guanidine groups is 1. The number of anilines is 1. The Bertz CT molecular complexity index is 783. The number of para-hydroxylation sites is 1. The number of pyridine rings is 1. The molecule has 1 fully saturated rings. The molecular weight excluding hydrogens is 338 g/mol. The minimum atomic E-state index is 0.584. The predicted molar refractivity (Wildman–Crippen MR) is 112 cm³/mol. The number of nitrogens with zero attached hydrogens (tertiary/aromatic N) is 4. The first-order valence-corrected chi connectivity index (χ1v) is 9.71. The lowest BCUT2D eigenvalue weighted by molar-refractivity contribution is 0.181. The van der Waals surface area contributed by atoms with Gasteiger partial charge in [-0.1, -0.05) is 18.2 Å². The molecule has 2 heterocycles. The van der Waals surface area contributed by atoms with Gasteiger partial charge in [0.25, 0.3) is 0 Å². The van der Waals surface area contributed by atoms with Crippen molar-refractivity contribution >= 4 is 22.7 Å². The lowest BCUT2D eigenvalue weighted by Gasteiger charge is -2.24. The standard InChI is InChI=1S/C21H31N5O/c1-5-22-21(26(4)14-16-10-11-27-15-16)23-13-17-12-20(25(2)3)24-19-9-7-6-8-18(17)19/h6-9,12,16H,5,10-11,13-15H2,1-4H3,(H,22,23). The molecule has 2 aromatic rings. The Hall–Kier alpha value is -2.34. The SMILES string of the molecule is CCNC(=NCc1cc(N(C)C)nc2ccccc12)N(C)CC1CCOC1. The Labute approximate surface area is 162 Å². The Morgan fingerprint density at radius 3 is 2.81 bits per heavy atom. The predicted octanol–water partition coefficient (Wildman–Crippen LogP) is 2.73. The number of nitrogens with one attached hydrogen (secondary N) is 1. The van der Waals surface area contributed by atoms with E-state index in [1.807, 2.05) is 25.1 Å². The van der Waals surface area contributed by atoms with Crippen molar-refractivity contribution in [2.45, 2.75) is 19.9 Å². The first-order chi connectivity index (χ1) is 13.1. The van der Waals surface area contributed by atoms with E-state index >= 15 is 0 Å². The van der Waals surface area contributed by atoms with Crippen LogP contribution >= 0.6 is 0 Å². The number of fused-ring (bicyclic) bond motifs is 1. The van der Waals surface area contributed by atoms with Crippen LogP contribution in [-0.2, 0) is 11.3 Å². The zero-order valence-electron chi connectivity index (χ0n) is 16.9. The van der Waals surface area contributed by atoms with Crippen LogP contribution in [0.1, 0.15) is 18.9 Å². The van der Waals surface area contributed by atoms with Gasteiger partial charge in [0.05, 0.1) is 18.7 Å². The Morgan fingerprint density at radius 2 is 2.11 bits per heavy atom. The lowest BCUT2D eigenvalue weighted by atomic mass is 10.1. The summed E-state index contributed by atoms with van der Waals surface area (Å²) in [5.41, 5.74) is 2.20. The molecule has 0 radical (unpaired) electrons. The van der Waals surface area contributed by atoms with Crippen LogP contribution in [0.25, 0.3) is 10.9 Å². The maximum atomic E-state index is 5.51. The highest BCUT2D eigenvalue weighted by atomic mass is 16.5. The third kappa shape index (κ3) is 4.89. The fourth-order valence-corrected chi connectivity index (χ4v) is 3.42. The number of hydrogen-bond acceptors (Lipinski definition) is 4. The van der Waals surface area contributed by atoms with E-state index in [9.17, 15) is 0 Å². The van der Waals surface area contributed by atoms with Crippen molar-refractivity contribution < 1.29 is 4.74 Å². The van der Waals surface area contributed by atoms with Crippen LogP contribution in [0, 0.1) is 5.92 Å². The zero-order valence-corrected chi connectivity index (χ0v) is 16.9. The summed E-state index contributed by atoms with van der Waals surface area (Å²) in [7, 11) is 6.15. The van der Waals surface area contributed by atoms with Gasteiger partial charge in [0, 0.05) is 52.1 Å². The molecule has 0 spiro atoms. The number of hydrogen-bond donors (Lipinski definition) is 1. The van der Waals surface area contributed by atoms with Gasteiger partial charge in [-0.15, -0.1) is 0 Å².